The molecule has 7 nitrogen and oxygen atoms in total. The molecule has 0 bridgehead atoms. The van der Waals surface area contributed by atoms with Crippen molar-refractivity contribution in [3.63, 3.8) is 0 Å². The molecular formula is C30H30N4O3. The predicted molar refractivity (Wildman–Crippen MR) is 146 cm³/mol. The Kier molecular flexibility index (Phi) is 7.03. The zero-order valence-electron chi connectivity index (χ0n) is 20.9. The molecule has 3 heterocycles. The van der Waals surface area contributed by atoms with Crippen molar-refractivity contribution in [3.8, 4) is 11.1 Å². The number of carbonyl (C=O) groups excluding carboxylic acids is 2. The van der Waals surface area contributed by atoms with Crippen LogP contribution in [0.3, 0.4) is 0 Å². The molecule has 188 valence electrons. The van der Waals surface area contributed by atoms with Crippen LogP contribution in [-0.4, -0.2) is 34.8 Å². The normalized spacial score (nSPS) is 13.8. The molecule has 0 radical (unpaired) electrons. The molecule has 7 heteroatoms. The van der Waals surface area contributed by atoms with Crippen molar-refractivity contribution in [2.24, 2.45) is 0 Å². The van der Waals surface area contributed by atoms with Crippen LogP contribution in [0.4, 0.5) is 5.82 Å². The minimum atomic E-state index is -0.228. The highest BCUT2D eigenvalue weighted by molar-refractivity contribution is 5.95. The van der Waals surface area contributed by atoms with Crippen LogP contribution in [-0.2, 0) is 11.3 Å². The van der Waals surface area contributed by atoms with E-state index in [-0.39, 0.29) is 18.4 Å². The maximum Gasteiger partial charge on any atom is 0.253 e. The molecule has 37 heavy (non-hydrogen) atoms. The number of benzene rings is 2. The number of nitrogens with zero attached hydrogens (tertiary/aromatic N) is 2. The van der Waals surface area contributed by atoms with Gasteiger partial charge in [-0.1, -0.05) is 12.1 Å². The average Bonchev–Trinajstić information content (AvgIpc) is 3.35. The topological polar surface area (TPSA) is 101 Å². The number of furan rings is 1. The molecule has 0 spiro atoms. The highest BCUT2D eigenvalue weighted by atomic mass is 16.3. The molecule has 1 aliphatic heterocycles. The second-order valence-corrected chi connectivity index (χ2v) is 9.42. The number of hydrogen-bond acceptors (Lipinski definition) is 5. The van der Waals surface area contributed by atoms with E-state index in [1.165, 1.54) is 12.5 Å². The number of nitrogens with one attached hydrogen (secondary N) is 1. The average molecular weight is 495 g/mol. The van der Waals surface area contributed by atoms with Gasteiger partial charge in [0.2, 0.25) is 5.91 Å². The van der Waals surface area contributed by atoms with Crippen molar-refractivity contribution in [1.82, 2.24) is 15.2 Å². The molecule has 1 fully saturated rings. The van der Waals surface area contributed by atoms with E-state index >= 15 is 0 Å². The minimum Gasteiger partial charge on any atom is -0.459 e. The summed E-state index contributed by atoms with van der Waals surface area (Å²) in [5.41, 5.74) is 11.0. The molecular weight excluding hydrogens is 464 g/mol. The molecule has 0 saturated carbocycles. The standard InChI is InChI=1S/C30H30N4O3/c1-20-15-24(22-7-9-23(10-8-22)30(36)34-13-3-2-4-14-34)16-25-17-26(37-29(20)25)19-33-28(35)12-6-21-5-11-27(31)32-18-21/h5-12,15-18H,2-4,13-14,19H2,1H3,(H2,31,32)(H,33,35)/b12-6+. The third kappa shape index (κ3) is 5.72. The predicted octanol–water partition coefficient (Wildman–Crippen LogP) is 5.34. The van der Waals surface area contributed by atoms with Crippen molar-refractivity contribution < 1.29 is 14.0 Å². The van der Waals surface area contributed by atoms with Crippen LogP contribution < -0.4 is 11.1 Å². The molecule has 1 saturated heterocycles. The third-order valence-corrected chi connectivity index (χ3v) is 6.63. The number of likely N-dealkylation sites (tertiary alicyclic amines) is 1. The van der Waals surface area contributed by atoms with Gasteiger partial charge in [0.1, 0.15) is 17.2 Å². The lowest BCUT2D eigenvalue weighted by Crippen LogP contribution is -2.35. The van der Waals surface area contributed by atoms with Gasteiger partial charge >= 0.3 is 0 Å². The van der Waals surface area contributed by atoms with Gasteiger partial charge in [0, 0.05) is 36.3 Å². The number of pyridine rings is 1. The van der Waals surface area contributed by atoms with E-state index in [9.17, 15) is 9.59 Å². The molecule has 2 aromatic carbocycles. The summed E-state index contributed by atoms with van der Waals surface area (Å²) in [6.45, 7) is 3.97. The van der Waals surface area contributed by atoms with E-state index in [0.717, 1.165) is 64.7 Å². The highest BCUT2D eigenvalue weighted by Crippen LogP contribution is 2.30. The van der Waals surface area contributed by atoms with E-state index in [0.29, 0.717) is 11.6 Å². The van der Waals surface area contributed by atoms with Crippen molar-refractivity contribution in [2.45, 2.75) is 32.7 Å². The van der Waals surface area contributed by atoms with Crippen LogP contribution in [0.15, 0.2) is 71.3 Å². The molecule has 3 N–H and O–H groups in total. The number of aromatic nitrogens is 1. The smallest absolute Gasteiger partial charge is 0.253 e. The summed E-state index contributed by atoms with van der Waals surface area (Å²) in [5, 5.41) is 3.82. The number of aryl methyl sites for hydroxylation is 1. The summed E-state index contributed by atoms with van der Waals surface area (Å²) in [6, 6.07) is 17.4. The molecule has 5 rings (SSSR count). The molecule has 0 unspecified atom stereocenters. The summed E-state index contributed by atoms with van der Waals surface area (Å²) < 4.78 is 6.02. The van der Waals surface area contributed by atoms with Gasteiger partial charge in [0.25, 0.3) is 5.91 Å². The van der Waals surface area contributed by atoms with E-state index in [2.05, 4.69) is 22.4 Å². The van der Waals surface area contributed by atoms with Crippen LogP contribution in [0, 0.1) is 6.92 Å². The van der Waals surface area contributed by atoms with Crippen LogP contribution in [0.1, 0.15) is 46.5 Å². The lowest BCUT2D eigenvalue weighted by atomic mass is 9.99. The van der Waals surface area contributed by atoms with Gasteiger partial charge in [0.15, 0.2) is 0 Å². The van der Waals surface area contributed by atoms with E-state index in [1.807, 2.05) is 42.2 Å². The lowest BCUT2D eigenvalue weighted by molar-refractivity contribution is -0.116. The summed E-state index contributed by atoms with van der Waals surface area (Å²) in [4.78, 5) is 31.0. The Morgan fingerprint density at radius 1 is 1.03 bits per heavy atom. The van der Waals surface area contributed by atoms with Crippen molar-refractivity contribution >= 4 is 34.7 Å². The molecule has 0 aliphatic carbocycles. The zero-order valence-corrected chi connectivity index (χ0v) is 20.9. The first kappa shape index (κ1) is 24.3. The van der Waals surface area contributed by atoms with Gasteiger partial charge in [-0.15, -0.1) is 0 Å². The number of hydrogen-bond donors (Lipinski definition) is 2. The number of fused-ring (bicyclic) bond motifs is 1. The molecule has 4 aromatic rings. The van der Waals surface area contributed by atoms with Gasteiger partial charge in [-0.25, -0.2) is 4.98 Å². The number of carbonyl (C=O) groups is 2. The fourth-order valence-corrected chi connectivity index (χ4v) is 4.64. The van der Waals surface area contributed by atoms with Crippen LogP contribution in [0.25, 0.3) is 28.2 Å². The fraction of sp³-hybridized carbons (Fsp3) is 0.233. The van der Waals surface area contributed by atoms with E-state index in [1.54, 1.807) is 24.4 Å². The Labute approximate surface area is 216 Å². The fourth-order valence-electron chi connectivity index (χ4n) is 4.64. The lowest BCUT2D eigenvalue weighted by Gasteiger charge is -2.26. The second-order valence-electron chi connectivity index (χ2n) is 9.42. The highest BCUT2D eigenvalue weighted by Gasteiger charge is 2.18. The second kappa shape index (κ2) is 10.7. The van der Waals surface area contributed by atoms with E-state index < -0.39 is 0 Å². The maximum absolute atomic E-state index is 12.8. The first-order valence-electron chi connectivity index (χ1n) is 12.6. The van der Waals surface area contributed by atoms with Crippen LogP contribution in [0.5, 0.6) is 0 Å². The Morgan fingerprint density at radius 3 is 2.54 bits per heavy atom. The molecule has 2 aromatic heterocycles. The Balaban J connectivity index is 1.26. The summed E-state index contributed by atoms with van der Waals surface area (Å²) in [5.74, 6) is 0.992. The number of anilines is 1. The number of amides is 2. The maximum atomic E-state index is 12.8. The molecule has 2 amide bonds. The van der Waals surface area contributed by atoms with Crippen molar-refractivity contribution in [3.05, 3.63) is 89.3 Å². The van der Waals surface area contributed by atoms with Gasteiger partial charge in [-0.2, -0.15) is 0 Å². The number of nitrogen functional groups attached to an aromatic ring is 1. The van der Waals surface area contributed by atoms with Crippen LogP contribution in [0.2, 0.25) is 0 Å². The van der Waals surface area contributed by atoms with Crippen molar-refractivity contribution in [2.75, 3.05) is 18.8 Å². The summed E-state index contributed by atoms with van der Waals surface area (Å²) >= 11 is 0. The molecule has 0 atom stereocenters. The summed E-state index contributed by atoms with van der Waals surface area (Å²) in [6.07, 6.45) is 8.11. The number of piperidine rings is 1. The Hall–Kier alpha value is -4.39. The zero-order chi connectivity index (χ0) is 25.8. The van der Waals surface area contributed by atoms with Gasteiger partial charge in [-0.3, -0.25) is 9.59 Å². The largest absolute Gasteiger partial charge is 0.459 e. The van der Waals surface area contributed by atoms with Gasteiger partial charge < -0.3 is 20.4 Å². The van der Waals surface area contributed by atoms with Gasteiger partial charge in [-0.05, 0) is 97.0 Å². The third-order valence-electron chi connectivity index (χ3n) is 6.63. The molecule has 1 aliphatic rings. The van der Waals surface area contributed by atoms with Gasteiger partial charge in [0.05, 0.1) is 6.54 Å². The quantitative estimate of drug-likeness (QED) is 0.352. The number of rotatable bonds is 6. The summed E-state index contributed by atoms with van der Waals surface area (Å²) in [7, 11) is 0. The SMILES string of the molecule is Cc1cc(-c2ccc(C(=O)N3CCCCC3)cc2)cc2cc(CNC(=O)/C=C/c3ccc(N)nc3)oc12. The monoisotopic (exact) mass is 494 g/mol. The Bertz CT molecular complexity index is 1450. The van der Waals surface area contributed by atoms with Crippen molar-refractivity contribution in [1.29, 1.82) is 0 Å². The van der Waals surface area contributed by atoms with Crippen LogP contribution >= 0.6 is 0 Å². The minimum absolute atomic E-state index is 0.111. The van der Waals surface area contributed by atoms with E-state index in [4.69, 9.17) is 10.2 Å². The number of nitrogens with two attached hydrogens (primary N) is 1. The Morgan fingerprint density at radius 2 is 1.81 bits per heavy atom. The first-order chi connectivity index (χ1) is 18.0. The first-order valence-corrected chi connectivity index (χ1v) is 12.6.